The van der Waals surface area contributed by atoms with Gasteiger partial charge in [-0.25, -0.2) is 0 Å². The third kappa shape index (κ3) is 2.72. The van der Waals surface area contributed by atoms with E-state index in [2.05, 4.69) is 16.8 Å². The second-order valence-electron chi connectivity index (χ2n) is 5.88. The Labute approximate surface area is 139 Å². The Balaban J connectivity index is 2.22. The van der Waals surface area contributed by atoms with Crippen LogP contribution in [0.1, 0.15) is 11.4 Å². The highest BCUT2D eigenvalue weighted by atomic mass is 16.3. The average molecular weight is 327 g/mol. The van der Waals surface area contributed by atoms with Crippen LogP contribution < -0.4 is 5.56 Å². The van der Waals surface area contributed by atoms with E-state index in [0.29, 0.717) is 30.8 Å². The molecule has 2 aromatic heterocycles. The molecular weight excluding hydrogens is 306 g/mol. The predicted molar refractivity (Wildman–Crippen MR) is 93.0 cm³/mol. The molecule has 24 heavy (non-hydrogen) atoms. The number of nitrogens with zero attached hydrogens (tertiary/aromatic N) is 5. The van der Waals surface area contributed by atoms with Crippen molar-refractivity contribution in [2.24, 2.45) is 7.05 Å². The summed E-state index contributed by atoms with van der Waals surface area (Å²) in [4.78, 5) is 14.6. The van der Waals surface area contributed by atoms with E-state index in [9.17, 15) is 9.90 Å². The number of aliphatic hydroxyl groups excluding tert-OH is 1. The summed E-state index contributed by atoms with van der Waals surface area (Å²) in [5, 5.41) is 18.3. The summed E-state index contributed by atoms with van der Waals surface area (Å²) in [6.07, 6.45) is 1.79. The van der Waals surface area contributed by atoms with Gasteiger partial charge in [-0.05, 0) is 19.1 Å². The van der Waals surface area contributed by atoms with Gasteiger partial charge in [0.15, 0.2) is 5.82 Å². The van der Waals surface area contributed by atoms with E-state index in [1.165, 1.54) is 4.57 Å². The zero-order valence-corrected chi connectivity index (χ0v) is 13.9. The van der Waals surface area contributed by atoms with Gasteiger partial charge in [-0.15, -0.1) is 16.8 Å². The van der Waals surface area contributed by atoms with Gasteiger partial charge in [-0.3, -0.25) is 18.7 Å². The summed E-state index contributed by atoms with van der Waals surface area (Å²) >= 11 is 0. The SMILES string of the molecule is C=CCN(CCO)Cc1nnc2n(C)c(=O)c3cc(C)ccc3n12. The van der Waals surface area contributed by atoms with Crippen molar-refractivity contribution in [3.63, 3.8) is 0 Å². The van der Waals surface area contributed by atoms with Gasteiger partial charge in [-0.1, -0.05) is 17.7 Å². The molecule has 0 saturated carbocycles. The van der Waals surface area contributed by atoms with E-state index < -0.39 is 0 Å². The third-order valence-electron chi connectivity index (χ3n) is 4.11. The van der Waals surface area contributed by atoms with Crippen LogP contribution in [0.25, 0.3) is 16.7 Å². The van der Waals surface area contributed by atoms with Crippen LogP contribution in [0.4, 0.5) is 0 Å². The standard InChI is InChI=1S/C17H21N5O2/c1-4-7-21(8-9-23)11-15-18-19-17-20(3)16(24)13-10-12(2)5-6-14(13)22(15)17/h4-6,10,23H,1,7-9,11H2,2-3H3. The lowest BCUT2D eigenvalue weighted by Crippen LogP contribution is -2.28. The number of fused-ring (bicyclic) bond motifs is 3. The summed E-state index contributed by atoms with van der Waals surface area (Å²) < 4.78 is 3.42. The van der Waals surface area contributed by atoms with Crippen LogP contribution in [0, 0.1) is 6.92 Å². The second kappa shape index (κ2) is 6.54. The van der Waals surface area contributed by atoms with E-state index in [4.69, 9.17) is 0 Å². The molecule has 0 spiro atoms. The van der Waals surface area contributed by atoms with Crippen LogP contribution >= 0.6 is 0 Å². The zero-order valence-electron chi connectivity index (χ0n) is 13.9. The van der Waals surface area contributed by atoms with Gasteiger partial charge in [0.1, 0.15) is 0 Å². The number of aryl methyl sites for hydroxylation is 2. The number of aliphatic hydroxyl groups is 1. The van der Waals surface area contributed by atoms with Crippen LogP contribution in [-0.4, -0.2) is 48.9 Å². The minimum absolute atomic E-state index is 0.0585. The van der Waals surface area contributed by atoms with Crippen LogP contribution in [0.2, 0.25) is 0 Å². The largest absolute Gasteiger partial charge is 0.395 e. The number of hydrogen-bond acceptors (Lipinski definition) is 5. The van der Waals surface area contributed by atoms with Gasteiger partial charge in [-0.2, -0.15) is 0 Å². The molecule has 7 nitrogen and oxygen atoms in total. The molecule has 0 atom stereocenters. The van der Waals surface area contributed by atoms with Crippen molar-refractivity contribution in [3.05, 3.63) is 52.6 Å². The van der Waals surface area contributed by atoms with Crippen molar-refractivity contribution in [2.45, 2.75) is 13.5 Å². The maximum absolute atomic E-state index is 12.6. The molecule has 2 heterocycles. The lowest BCUT2D eigenvalue weighted by atomic mass is 10.1. The topological polar surface area (TPSA) is 75.7 Å². The Morgan fingerprint density at radius 3 is 2.88 bits per heavy atom. The smallest absolute Gasteiger partial charge is 0.262 e. The molecule has 3 rings (SSSR count). The Hall–Kier alpha value is -2.51. The molecule has 7 heteroatoms. The van der Waals surface area contributed by atoms with Crippen LogP contribution in [0.3, 0.4) is 0 Å². The molecule has 0 amide bonds. The van der Waals surface area contributed by atoms with Crippen molar-refractivity contribution in [3.8, 4) is 0 Å². The first kappa shape index (κ1) is 16.4. The molecule has 0 unspecified atom stereocenters. The maximum Gasteiger partial charge on any atom is 0.262 e. The van der Waals surface area contributed by atoms with E-state index in [1.807, 2.05) is 34.4 Å². The van der Waals surface area contributed by atoms with E-state index in [0.717, 1.165) is 16.9 Å². The highest BCUT2D eigenvalue weighted by Crippen LogP contribution is 2.16. The predicted octanol–water partition coefficient (Wildman–Crippen LogP) is 0.870. The van der Waals surface area contributed by atoms with Crippen LogP contribution in [0.5, 0.6) is 0 Å². The quantitative estimate of drug-likeness (QED) is 0.680. The minimum Gasteiger partial charge on any atom is -0.395 e. The Morgan fingerprint density at radius 2 is 2.17 bits per heavy atom. The number of aromatic nitrogens is 4. The monoisotopic (exact) mass is 327 g/mol. The normalized spacial score (nSPS) is 11.7. The molecule has 0 aliphatic heterocycles. The zero-order chi connectivity index (χ0) is 17.3. The van der Waals surface area contributed by atoms with Gasteiger partial charge in [0, 0.05) is 20.1 Å². The highest BCUT2D eigenvalue weighted by molar-refractivity contribution is 5.81. The van der Waals surface area contributed by atoms with Gasteiger partial charge in [0.2, 0.25) is 5.78 Å². The van der Waals surface area contributed by atoms with E-state index >= 15 is 0 Å². The molecule has 0 radical (unpaired) electrons. The fourth-order valence-electron chi connectivity index (χ4n) is 2.92. The second-order valence-corrected chi connectivity index (χ2v) is 5.88. The van der Waals surface area contributed by atoms with Crippen LogP contribution in [-0.2, 0) is 13.6 Å². The highest BCUT2D eigenvalue weighted by Gasteiger charge is 2.16. The lowest BCUT2D eigenvalue weighted by molar-refractivity contribution is 0.200. The summed E-state index contributed by atoms with van der Waals surface area (Å²) in [7, 11) is 1.70. The lowest BCUT2D eigenvalue weighted by Gasteiger charge is -2.18. The van der Waals surface area contributed by atoms with Crippen molar-refractivity contribution in [1.82, 2.24) is 24.1 Å². The molecular formula is C17H21N5O2. The average Bonchev–Trinajstić information content (AvgIpc) is 2.97. The molecule has 0 aliphatic rings. The molecule has 126 valence electrons. The minimum atomic E-state index is -0.0848. The Morgan fingerprint density at radius 1 is 1.38 bits per heavy atom. The van der Waals surface area contributed by atoms with Gasteiger partial charge < -0.3 is 5.11 Å². The molecule has 0 bridgehead atoms. The molecule has 0 saturated heterocycles. The van der Waals surface area contributed by atoms with Crippen molar-refractivity contribution in [1.29, 1.82) is 0 Å². The van der Waals surface area contributed by atoms with E-state index in [-0.39, 0.29) is 12.2 Å². The van der Waals surface area contributed by atoms with Gasteiger partial charge in [0.25, 0.3) is 5.56 Å². The summed E-state index contributed by atoms with van der Waals surface area (Å²) in [5.41, 5.74) is 1.74. The summed E-state index contributed by atoms with van der Waals surface area (Å²) in [5.74, 6) is 1.23. The van der Waals surface area contributed by atoms with Crippen LogP contribution in [0.15, 0.2) is 35.6 Å². The molecule has 3 aromatic rings. The Bertz CT molecular complexity index is 957. The van der Waals surface area contributed by atoms with Crippen molar-refractivity contribution < 1.29 is 5.11 Å². The van der Waals surface area contributed by atoms with Gasteiger partial charge >= 0.3 is 0 Å². The van der Waals surface area contributed by atoms with Gasteiger partial charge in [0.05, 0.1) is 24.1 Å². The molecule has 1 aromatic carbocycles. The number of rotatable bonds is 6. The fourth-order valence-corrected chi connectivity index (χ4v) is 2.92. The summed E-state index contributed by atoms with van der Waals surface area (Å²) in [6, 6.07) is 5.78. The summed E-state index contributed by atoms with van der Waals surface area (Å²) in [6.45, 7) is 7.43. The first-order chi connectivity index (χ1) is 11.6. The first-order valence-corrected chi connectivity index (χ1v) is 7.84. The first-order valence-electron chi connectivity index (χ1n) is 7.84. The third-order valence-corrected chi connectivity index (χ3v) is 4.11. The van der Waals surface area contributed by atoms with E-state index in [1.54, 1.807) is 13.1 Å². The number of hydrogen-bond donors (Lipinski definition) is 1. The molecule has 0 aliphatic carbocycles. The molecule has 0 fully saturated rings. The fraction of sp³-hybridized carbons (Fsp3) is 0.353. The Kier molecular flexibility index (Phi) is 4.46. The van der Waals surface area contributed by atoms with Crippen molar-refractivity contribution >= 4 is 16.7 Å². The molecule has 1 N–H and O–H groups in total. The number of benzene rings is 1. The maximum atomic E-state index is 12.6. The van der Waals surface area contributed by atoms with Crippen molar-refractivity contribution in [2.75, 3.05) is 19.7 Å².